The zero-order valence-corrected chi connectivity index (χ0v) is 12.3. The second-order valence-corrected chi connectivity index (χ2v) is 6.57. The topological polar surface area (TPSA) is 29.1 Å². The first-order chi connectivity index (χ1) is 8.65. The first-order valence-corrected chi connectivity index (χ1v) is 7.92. The van der Waals surface area contributed by atoms with Crippen LogP contribution in [0.4, 0.5) is 10.1 Å². The lowest BCUT2D eigenvalue weighted by atomic mass is 9.98. The molecule has 1 aliphatic rings. The summed E-state index contributed by atoms with van der Waals surface area (Å²) in [5.41, 5.74) is 0.258. The van der Waals surface area contributed by atoms with Gasteiger partial charge in [0.15, 0.2) is 0 Å². The van der Waals surface area contributed by atoms with Gasteiger partial charge in [-0.3, -0.25) is 4.79 Å². The van der Waals surface area contributed by atoms with Crippen molar-refractivity contribution in [3.05, 3.63) is 28.5 Å². The van der Waals surface area contributed by atoms with Crippen molar-refractivity contribution in [3.63, 3.8) is 0 Å². The van der Waals surface area contributed by atoms with Gasteiger partial charge in [-0.15, -0.1) is 0 Å². The Morgan fingerprint density at radius 2 is 2.17 bits per heavy atom. The molecule has 0 spiro atoms. The molecule has 0 aliphatic carbocycles. The number of halogens is 2. The summed E-state index contributed by atoms with van der Waals surface area (Å²) in [5.74, 6) is 2.21. The largest absolute Gasteiger partial charge is 0.324 e. The summed E-state index contributed by atoms with van der Waals surface area (Å²) in [6, 6.07) is 4.65. The summed E-state index contributed by atoms with van der Waals surface area (Å²) in [6.45, 7) is 0. The fourth-order valence-electron chi connectivity index (χ4n) is 2.00. The van der Waals surface area contributed by atoms with Crippen LogP contribution in [0.2, 0.25) is 0 Å². The highest BCUT2D eigenvalue weighted by Gasteiger charge is 2.18. The molecular weight excluding hydrogens is 317 g/mol. The molecular formula is C13H15BrFNOS. The number of anilines is 1. The van der Waals surface area contributed by atoms with Gasteiger partial charge in [-0.05, 0) is 48.5 Å². The maximum absolute atomic E-state index is 13.5. The van der Waals surface area contributed by atoms with Crippen molar-refractivity contribution >= 4 is 39.3 Å². The Morgan fingerprint density at radius 1 is 1.44 bits per heavy atom. The molecule has 1 heterocycles. The molecule has 0 saturated carbocycles. The number of hydrogen-bond donors (Lipinski definition) is 1. The zero-order chi connectivity index (χ0) is 13.0. The van der Waals surface area contributed by atoms with Crippen LogP contribution in [0.5, 0.6) is 0 Å². The standard InChI is InChI=1S/C13H15BrFNOS/c14-10-1-2-12(11(15)8-10)16-13(17)7-9-3-5-18-6-4-9/h1-2,8-9H,3-7H2,(H,16,17). The van der Waals surface area contributed by atoms with Gasteiger partial charge in [0, 0.05) is 10.9 Å². The molecule has 0 bridgehead atoms. The molecule has 1 aromatic carbocycles. The molecule has 1 aliphatic heterocycles. The number of amides is 1. The third-order valence-corrected chi connectivity index (χ3v) is 4.56. The van der Waals surface area contributed by atoms with Crippen LogP contribution in [0.1, 0.15) is 19.3 Å². The summed E-state index contributed by atoms with van der Waals surface area (Å²) >= 11 is 5.12. The molecule has 18 heavy (non-hydrogen) atoms. The van der Waals surface area contributed by atoms with Crippen LogP contribution >= 0.6 is 27.7 Å². The number of rotatable bonds is 3. The van der Waals surface area contributed by atoms with Gasteiger partial charge in [0.1, 0.15) is 5.82 Å². The molecule has 0 unspecified atom stereocenters. The van der Waals surface area contributed by atoms with Gasteiger partial charge in [0.25, 0.3) is 0 Å². The average molecular weight is 332 g/mol. The van der Waals surface area contributed by atoms with Gasteiger partial charge in [-0.2, -0.15) is 11.8 Å². The first kappa shape index (κ1) is 13.9. The van der Waals surface area contributed by atoms with Gasteiger partial charge in [0.2, 0.25) is 5.91 Å². The maximum atomic E-state index is 13.5. The van der Waals surface area contributed by atoms with E-state index in [1.54, 1.807) is 12.1 Å². The van der Waals surface area contributed by atoms with E-state index in [4.69, 9.17) is 0 Å². The molecule has 2 nitrogen and oxygen atoms in total. The summed E-state index contributed by atoms with van der Waals surface area (Å²) in [7, 11) is 0. The maximum Gasteiger partial charge on any atom is 0.224 e. The van der Waals surface area contributed by atoms with Crippen molar-refractivity contribution in [3.8, 4) is 0 Å². The van der Waals surface area contributed by atoms with E-state index in [2.05, 4.69) is 21.2 Å². The molecule has 1 aromatic rings. The van der Waals surface area contributed by atoms with E-state index in [1.165, 1.54) is 6.07 Å². The van der Waals surface area contributed by atoms with Crippen molar-refractivity contribution in [1.82, 2.24) is 0 Å². The van der Waals surface area contributed by atoms with E-state index in [0.29, 0.717) is 16.8 Å². The Labute approximate surface area is 119 Å². The van der Waals surface area contributed by atoms with Gasteiger partial charge >= 0.3 is 0 Å². The second-order valence-electron chi connectivity index (χ2n) is 4.43. The minimum Gasteiger partial charge on any atom is -0.324 e. The monoisotopic (exact) mass is 331 g/mol. The third-order valence-electron chi connectivity index (χ3n) is 3.02. The van der Waals surface area contributed by atoms with Crippen molar-refractivity contribution in [2.75, 3.05) is 16.8 Å². The first-order valence-electron chi connectivity index (χ1n) is 5.98. The van der Waals surface area contributed by atoms with Gasteiger partial charge in [-0.1, -0.05) is 15.9 Å². The smallest absolute Gasteiger partial charge is 0.224 e. The summed E-state index contributed by atoms with van der Waals surface area (Å²) < 4.78 is 14.2. The Balaban J connectivity index is 1.90. The molecule has 1 fully saturated rings. The molecule has 0 atom stereocenters. The highest BCUT2D eigenvalue weighted by Crippen LogP contribution is 2.26. The predicted octanol–water partition coefficient (Wildman–Crippen LogP) is 4.06. The van der Waals surface area contributed by atoms with Gasteiger partial charge in [0.05, 0.1) is 5.69 Å². The highest BCUT2D eigenvalue weighted by atomic mass is 79.9. The average Bonchev–Trinajstić information content (AvgIpc) is 2.34. The Bertz CT molecular complexity index is 435. The SMILES string of the molecule is O=C(CC1CCSCC1)Nc1ccc(Br)cc1F. The van der Waals surface area contributed by atoms with E-state index >= 15 is 0 Å². The number of thioether (sulfide) groups is 1. The lowest BCUT2D eigenvalue weighted by molar-refractivity contribution is -0.117. The summed E-state index contributed by atoms with van der Waals surface area (Å²) in [4.78, 5) is 11.8. The van der Waals surface area contributed by atoms with Gasteiger partial charge < -0.3 is 5.32 Å². The molecule has 2 rings (SSSR count). The van der Waals surface area contributed by atoms with Crippen molar-refractivity contribution in [1.29, 1.82) is 0 Å². The fourth-order valence-corrected chi connectivity index (χ4v) is 3.54. The van der Waals surface area contributed by atoms with Crippen LogP contribution in [0.3, 0.4) is 0 Å². The molecule has 98 valence electrons. The minimum absolute atomic E-state index is 0.0897. The quantitative estimate of drug-likeness (QED) is 0.904. The lowest BCUT2D eigenvalue weighted by Crippen LogP contribution is -2.20. The summed E-state index contributed by atoms with van der Waals surface area (Å²) in [6.07, 6.45) is 2.66. The number of hydrogen-bond acceptors (Lipinski definition) is 2. The Hall–Kier alpha value is -0.550. The minimum atomic E-state index is -0.406. The van der Waals surface area contributed by atoms with E-state index in [9.17, 15) is 9.18 Å². The van der Waals surface area contributed by atoms with Crippen molar-refractivity contribution in [2.45, 2.75) is 19.3 Å². The van der Waals surface area contributed by atoms with E-state index in [1.807, 2.05) is 11.8 Å². The van der Waals surface area contributed by atoms with Crippen LogP contribution in [0.15, 0.2) is 22.7 Å². The third kappa shape index (κ3) is 3.99. The molecule has 1 amide bonds. The van der Waals surface area contributed by atoms with Crippen molar-refractivity contribution < 1.29 is 9.18 Å². The zero-order valence-electron chi connectivity index (χ0n) is 9.92. The predicted molar refractivity (Wildman–Crippen MR) is 77.4 cm³/mol. The fraction of sp³-hybridized carbons (Fsp3) is 0.462. The van der Waals surface area contributed by atoms with Crippen molar-refractivity contribution in [2.24, 2.45) is 5.92 Å². The molecule has 0 aromatic heterocycles. The molecule has 1 saturated heterocycles. The van der Waals surface area contributed by atoms with Crippen LogP contribution in [0.25, 0.3) is 0 Å². The van der Waals surface area contributed by atoms with E-state index in [-0.39, 0.29) is 11.6 Å². The van der Waals surface area contributed by atoms with E-state index < -0.39 is 5.82 Å². The van der Waals surface area contributed by atoms with Crippen LogP contribution < -0.4 is 5.32 Å². The van der Waals surface area contributed by atoms with Crippen LogP contribution in [-0.4, -0.2) is 17.4 Å². The van der Waals surface area contributed by atoms with Crippen LogP contribution in [-0.2, 0) is 4.79 Å². The van der Waals surface area contributed by atoms with Crippen LogP contribution in [0, 0.1) is 11.7 Å². The number of carbonyl (C=O) groups is 1. The molecule has 5 heteroatoms. The lowest BCUT2D eigenvalue weighted by Gasteiger charge is -2.20. The molecule has 1 N–H and O–H groups in total. The molecule has 0 radical (unpaired) electrons. The normalized spacial score (nSPS) is 16.6. The Morgan fingerprint density at radius 3 is 2.83 bits per heavy atom. The van der Waals surface area contributed by atoms with E-state index in [0.717, 1.165) is 24.3 Å². The van der Waals surface area contributed by atoms with Gasteiger partial charge in [-0.25, -0.2) is 4.39 Å². The number of benzene rings is 1. The summed E-state index contributed by atoms with van der Waals surface area (Å²) in [5, 5.41) is 2.64. The Kier molecular flexibility index (Phi) is 5.06. The highest BCUT2D eigenvalue weighted by molar-refractivity contribution is 9.10. The number of carbonyl (C=O) groups excluding carboxylic acids is 1. The number of nitrogens with one attached hydrogen (secondary N) is 1. The second kappa shape index (κ2) is 6.57.